The molecule has 8 nitrogen and oxygen atoms in total. The molecule has 1 unspecified atom stereocenters. The number of rotatable bonds is 7. The zero-order chi connectivity index (χ0) is 29.8. The van der Waals surface area contributed by atoms with E-state index in [-0.39, 0.29) is 11.5 Å². The summed E-state index contributed by atoms with van der Waals surface area (Å²) in [6, 6.07) is 27.8. The maximum atomic E-state index is 13.0. The van der Waals surface area contributed by atoms with Gasteiger partial charge >= 0.3 is 5.97 Å². The van der Waals surface area contributed by atoms with Crippen LogP contribution >= 0.6 is 0 Å². The van der Waals surface area contributed by atoms with Gasteiger partial charge in [-0.15, -0.1) is 0 Å². The van der Waals surface area contributed by atoms with E-state index in [1.807, 2.05) is 62.4 Å². The first-order valence-electron chi connectivity index (χ1n) is 13.5. The number of esters is 1. The summed E-state index contributed by atoms with van der Waals surface area (Å²) in [6.45, 7) is 6.98. The number of hydrogen-bond donors (Lipinski definition) is 2. The van der Waals surface area contributed by atoms with Gasteiger partial charge in [-0.05, 0) is 63.2 Å². The average Bonchev–Trinajstić information content (AvgIpc) is 2.97. The number of aromatic nitrogens is 2. The molecule has 0 spiro atoms. The third-order valence-electron chi connectivity index (χ3n) is 6.68. The van der Waals surface area contributed by atoms with Crippen LogP contribution in [0.1, 0.15) is 35.3 Å². The minimum atomic E-state index is -1.05. The Morgan fingerprint density at radius 3 is 1.69 bits per heavy atom. The van der Waals surface area contributed by atoms with E-state index < -0.39 is 18.0 Å². The van der Waals surface area contributed by atoms with Crippen LogP contribution in [0, 0.1) is 13.8 Å². The summed E-state index contributed by atoms with van der Waals surface area (Å²) < 4.78 is 5.47. The molecule has 1 aromatic heterocycles. The van der Waals surface area contributed by atoms with Gasteiger partial charge in [0.05, 0.1) is 28.0 Å². The zero-order valence-corrected chi connectivity index (χ0v) is 23.8. The largest absolute Gasteiger partial charge is 0.449 e. The van der Waals surface area contributed by atoms with Crippen LogP contribution in [0.3, 0.4) is 0 Å². The van der Waals surface area contributed by atoms with E-state index in [2.05, 4.69) is 10.6 Å². The molecule has 0 saturated carbocycles. The Hall–Kier alpha value is -5.37. The molecule has 8 heteroatoms. The number of nitrogens with one attached hydrogen (secondary N) is 2. The molecule has 0 radical (unpaired) electrons. The van der Waals surface area contributed by atoms with Gasteiger partial charge in [-0.3, -0.25) is 9.59 Å². The van der Waals surface area contributed by atoms with E-state index in [0.29, 0.717) is 28.1 Å². The number of carbonyl (C=O) groups is 3. The van der Waals surface area contributed by atoms with Crippen LogP contribution in [-0.4, -0.2) is 33.9 Å². The number of fused-ring (bicyclic) bond motifs is 1. The summed E-state index contributed by atoms with van der Waals surface area (Å²) in [7, 11) is 0. The molecule has 4 aromatic carbocycles. The maximum absolute atomic E-state index is 13.0. The normalized spacial score (nSPS) is 11.5. The number of amides is 2. The van der Waals surface area contributed by atoms with Gasteiger partial charge in [0.1, 0.15) is 0 Å². The van der Waals surface area contributed by atoms with Crippen molar-refractivity contribution in [2.45, 2.75) is 33.8 Å². The topological polar surface area (TPSA) is 110 Å². The smallest absolute Gasteiger partial charge is 0.338 e. The number of hydrogen-bond acceptors (Lipinski definition) is 6. The molecule has 0 bridgehead atoms. The SMILES string of the molecule is CC(=O)Nc1ccc(NC(=O)C(C)OC(=O)c2ccc3nc(-c4ccc(C)cc4)c(-c4ccc(C)cc4)nc3c2)cc1. The Kier molecular flexibility index (Phi) is 8.06. The summed E-state index contributed by atoms with van der Waals surface area (Å²) in [5.41, 5.74) is 8.12. The number of nitrogens with zero attached hydrogens (tertiary/aromatic N) is 2. The fourth-order valence-electron chi connectivity index (χ4n) is 4.37. The monoisotopic (exact) mass is 558 g/mol. The third kappa shape index (κ3) is 6.50. The minimum absolute atomic E-state index is 0.190. The summed E-state index contributed by atoms with van der Waals surface area (Å²) in [5.74, 6) is -1.33. The van der Waals surface area contributed by atoms with Crippen molar-refractivity contribution >= 4 is 40.2 Å². The van der Waals surface area contributed by atoms with Crippen molar-refractivity contribution in [1.82, 2.24) is 9.97 Å². The fourth-order valence-corrected chi connectivity index (χ4v) is 4.37. The molecule has 0 fully saturated rings. The molecule has 0 aliphatic rings. The predicted molar refractivity (Wildman–Crippen MR) is 164 cm³/mol. The summed E-state index contributed by atoms with van der Waals surface area (Å²) in [4.78, 5) is 46.8. The predicted octanol–water partition coefficient (Wildman–Crippen LogP) is 6.72. The number of carbonyl (C=O) groups excluding carboxylic acids is 3. The Morgan fingerprint density at radius 2 is 1.17 bits per heavy atom. The van der Waals surface area contributed by atoms with Gasteiger partial charge in [-0.1, -0.05) is 59.7 Å². The number of ether oxygens (including phenoxy) is 1. The van der Waals surface area contributed by atoms with Crippen LogP contribution in [0.2, 0.25) is 0 Å². The summed E-state index contributed by atoms with van der Waals surface area (Å²) in [6.07, 6.45) is -1.05. The Balaban J connectivity index is 1.38. The number of anilines is 2. The standard InChI is InChI=1S/C34H30N4O4/c1-20-5-9-24(10-6-20)31-32(25-11-7-21(2)8-12-25)38-30-19-26(13-18-29(30)37-31)34(41)42-22(3)33(40)36-28-16-14-27(15-17-28)35-23(4)39/h5-19,22H,1-4H3,(H,35,39)(H,36,40). The van der Waals surface area contributed by atoms with E-state index in [1.165, 1.54) is 13.8 Å². The fraction of sp³-hybridized carbons (Fsp3) is 0.147. The molecule has 5 rings (SSSR count). The molecule has 1 heterocycles. The second-order valence-corrected chi connectivity index (χ2v) is 10.2. The third-order valence-corrected chi connectivity index (χ3v) is 6.68. The van der Waals surface area contributed by atoms with Crippen LogP contribution < -0.4 is 10.6 Å². The van der Waals surface area contributed by atoms with E-state index in [9.17, 15) is 14.4 Å². The molecule has 5 aromatic rings. The number of aryl methyl sites for hydroxylation is 2. The highest BCUT2D eigenvalue weighted by Gasteiger charge is 2.21. The quantitative estimate of drug-likeness (QED) is 0.215. The average molecular weight is 559 g/mol. The van der Waals surface area contributed by atoms with Crippen molar-refractivity contribution in [3.63, 3.8) is 0 Å². The van der Waals surface area contributed by atoms with Gasteiger partial charge in [0.15, 0.2) is 6.10 Å². The van der Waals surface area contributed by atoms with Gasteiger partial charge < -0.3 is 15.4 Å². The Morgan fingerprint density at radius 1 is 0.667 bits per heavy atom. The molecule has 0 saturated heterocycles. The first-order chi connectivity index (χ1) is 20.2. The van der Waals surface area contributed by atoms with Gasteiger partial charge in [-0.2, -0.15) is 0 Å². The van der Waals surface area contributed by atoms with Crippen molar-refractivity contribution in [2.75, 3.05) is 10.6 Å². The van der Waals surface area contributed by atoms with Crippen molar-refractivity contribution < 1.29 is 19.1 Å². The van der Waals surface area contributed by atoms with Crippen LogP contribution in [-0.2, 0) is 14.3 Å². The second-order valence-electron chi connectivity index (χ2n) is 10.2. The van der Waals surface area contributed by atoms with Gasteiger partial charge in [0, 0.05) is 29.4 Å². The molecule has 42 heavy (non-hydrogen) atoms. The second kappa shape index (κ2) is 12.0. The van der Waals surface area contributed by atoms with Crippen molar-refractivity contribution in [2.24, 2.45) is 0 Å². The molecule has 1 atom stereocenters. The first kappa shape index (κ1) is 28.2. The Bertz CT molecular complexity index is 1780. The van der Waals surface area contributed by atoms with Crippen molar-refractivity contribution in [3.05, 3.63) is 108 Å². The van der Waals surface area contributed by atoms with Crippen molar-refractivity contribution in [3.8, 4) is 22.5 Å². The number of benzene rings is 4. The van der Waals surface area contributed by atoms with E-state index in [1.54, 1.807) is 42.5 Å². The highest BCUT2D eigenvalue weighted by molar-refractivity contribution is 5.99. The van der Waals surface area contributed by atoms with Gasteiger partial charge in [-0.25, -0.2) is 14.8 Å². The van der Waals surface area contributed by atoms with E-state index in [0.717, 1.165) is 27.9 Å². The molecule has 2 N–H and O–H groups in total. The van der Waals surface area contributed by atoms with E-state index in [4.69, 9.17) is 14.7 Å². The summed E-state index contributed by atoms with van der Waals surface area (Å²) >= 11 is 0. The van der Waals surface area contributed by atoms with Crippen LogP contribution in [0.15, 0.2) is 91.0 Å². The first-order valence-corrected chi connectivity index (χ1v) is 13.5. The molecule has 0 aliphatic carbocycles. The minimum Gasteiger partial charge on any atom is -0.449 e. The molecular weight excluding hydrogens is 528 g/mol. The Labute approximate surface area is 243 Å². The molecule has 0 aliphatic heterocycles. The molecule has 210 valence electrons. The molecule has 2 amide bonds. The van der Waals surface area contributed by atoms with E-state index >= 15 is 0 Å². The van der Waals surface area contributed by atoms with Gasteiger partial charge in [0.2, 0.25) is 5.91 Å². The lowest BCUT2D eigenvalue weighted by Gasteiger charge is -2.15. The lowest BCUT2D eigenvalue weighted by Crippen LogP contribution is -2.30. The van der Waals surface area contributed by atoms with Crippen LogP contribution in [0.4, 0.5) is 11.4 Å². The van der Waals surface area contributed by atoms with Crippen LogP contribution in [0.5, 0.6) is 0 Å². The lowest BCUT2D eigenvalue weighted by molar-refractivity contribution is -0.123. The lowest BCUT2D eigenvalue weighted by atomic mass is 10.0. The highest BCUT2D eigenvalue weighted by atomic mass is 16.5. The maximum Gasteiger partial charge on any atom is 0.338 e. The van der Waals surface area contributed by atoms with Crippen LogP contribution in [0.25, 0.3) is 33.5 Å². The summed E-state index contributed by atoms with van der Waals surface area (Å²) in [5, 5.41) is 5.37. The molecular formula is C34H30N4O4. The van der Waals surface area contributed by atoms with Crippen molar-refractivity contribution in [1.29, 1.82) is 0 Å². The highest BCUT2D eigenvalue weighted by Crippen LogP contribution is 2.31. The van der Waals surface area contributed by atoms with Gasteiger partial charge in [0.25, 0.3) is 5.91 Å². The zero-order valence-electron chi connectivity index (χ0n) is 23.8.